The number of nitrogens with zero attached hydrogens (tertiary/aromatic N) is 2. The Morgan fingerprint density at radius 2 is 1.92 bits per heavy atom. The minimum absolute atomic E-state index is 0.0937. The van der Waals surface area contributed by atoms with Crippen molar-refractivity contribution in [2.24, 2.45) is 5.41 Å². The number of fused-ring (bicyclic) bond motifs is 1. The standard InChI is InChI=1S/C26H27N5O5/c1-3-21-28-15(2)22(36-21)25(34)31-18-10-20-19(29-23(30-20)16-7-5-4-6-8-16)9-17(18)24(33)27-11-26(12-32)13-35-14-26/h4-10,32H,3,11-14H2,1-2H3,(H,27,33)(H,29,30)(H,31,34). The predicted octanol–water partition coefficient (Wildman–Crippen LogP) is 3.08. The fraction of sp³-hybridized carbons (Fsp3) is 0.308. The lowest BCUT2D eigenvalue weighted by Crippen LogP contribution is -2.53. The van der Waals surface area contributed by atoms with Gasteiger partial charge >= 0.3 is 0 Å². The molecule has 1 saturated heterocycles. The molecule has 10 heteroatoms. The molecule has 0 unspecified atom stereocenters. The third kappa shape index (κ3) is 4.48. The minimum atomic E-state index is -0.508. The number of hydrogen-bond donors (Lipinski definition) is 4. The van der Waals surface area contributed by atoms with Crippen LogP contribution < -0.4 is 10.6 Å². The highest BCUT2D eigenvalue weighted by Gasteiger charge is 2.38. The SMILES string of the molecule is CCc1nc(C)c(C(=O)Nc2cc3nc(-c4ccccc4)[nH]c3cc2C(=O)NCC2(CO)COC2)o1. The molecular formula is C26H27N5O5. The van der Waals surface area contributed by atoms with Gasteiger partial charge in [0.15, 0.2) is 5.89 Å². The van der Waals surface area contributed by atoms with Gasteiger partial charge in [0.25, 0.3) is 11.8 Å². The number of aromatic amines is 1. The number of H-pyrrole nitrogens is 1. The highest BCUT2D eigenvalue weighted by molar-refractivity contribution is 6.10. The molecule has 0 aliphatic carbocycles. The van der Waals surface area contributed by atoms with E-state index < -0.39 is 17.2 Å². The van der Waals surface area contributed by atoms with Gasteiger partial charge < -0.3 is 29.9 Å². The maximum Gasteiger partial charge on any atom is 0.293 e. The van der Waals surface area contributed by atoms with Gasteiger partial charge in [-0.15, -0.1) is 0 Å². The van der Waals surface area contributed by atoms with E-state index in [0.717, 1.165) is 5.56 Å². The fourth-order valence-corrected chi connectivity index (χ4v) is 4.08. The highest BCUT2D eigenvalue weighted by atomic mass is 16.5. The number of rotatable bonds is 8. The zero-order valence-electron chi connectivity index (χ0n) is 20.1. The summed E-state index contributed by atoms with van der Waals surface area (Å²) in [6.07, 6.45) is 0.555. The lowest BCUT2D eigenvalue weighted by Gasteiger charge is -2.39. The first-order valence-electron chi connectivity index (χ1n) is 11.7. The van der Waals surface area contributed by atoms with E-state index in [9.17, 15) is 14.7 Å². The molecule has 0 bridgehead atoms. The molecule has 3 heterocycles. The summed E-state index contributed by atoms with van der Waals surface area (Å²) in [4.78, 5) is 38.5. The van der Waals surface area contributed by atoms with Crippen LogP contribution in [0.15, 0.2) is 46.9 Å². The Morgan fingerprint density at radius 1 is 1.14 bits per heavy atom. The number of aromatic nitrogens is 3. The number of hydrogen-bond acceptors (Lipinski definition) is 7. The Kier molecular flexibility index (Phi) is 6.29. The van der Waals surface area contributed by atoms with E-state index in [4.69, 9.17) is 9.15 Å². The van der Waals surface area contributed by atoms with E-state index in [0.29, 0.717) is 48.1 Å². The zero-order chi connectivity index (χ0) is 25.3. The van der Waals surface area contributed by atoms with Gasteiger partial charge in [0.2, 0.25) is 5.76 Å². The van der Waals surface area contributed by atoms with Crippen molar-refractivity contribution in [3.63, 3.8) is 0 Å². The summed E-state index contributed by atoms with van der Waals surface area (Å²) in [5.74, 6) is 0.293. The van der Waals surface area contributed by atoms with Crippen molar-refractivity contribution in [2.45, 2.75) is 20.3 Å². The second-order valence-electron chi connectivity index (χ2n) is 9.03. The molecule has 4 N–H and O–H groups in total. The molecule has 1 aliphatic rings. The van der Waals surface area contributed by atoms with E-state index in [1.807, 2.05) is 37.3 Å². The molecule has 2 aromatic carbocycles. The van der Waals surface area contributed by atoms with Crippen LogP contribution in [0.4, 0.5) is 5.69 Å². The van der Waals surface area contributed by atoms with Crippen LogP contribution in [-0.4, -0.2) is 58.2 Å². The van der Waals surface area contributed by atoms with Crippen molar-refractivity contribution in [1.29, 1.82) is 0 Å². The highest BCUT2D eigenvalue weighted by Crippen LogP contribution is 2.29. The van der Waals surface area contributed by atoms with Crippen molar-refractivity contribution >= 4 is 28.5 Å². The molecular weight excluding hydrogens is 462 g/mol. The van der Waals surface area contributed by atoms with Crippen LogP contribution >= 0.6 is 0 Å². The number of amides is 2. The lowest BCUT2D eigenvalue weighted by molar-refractivity contribution is -0.133. The van der Waals surface area contributed by atoms with Crippen molar-refractivity contribution < 1.29 is 23.8 Å². The summed E-state index contributed by atoms with van der Waals surface area (Å²) in [5.41, 5.74) is 2.63. The quantitative estimate of drug-likeness (QED) is 0.298. The predicted molar refractivity (Wildman–Crippen MR) is 133 cm³/mol. The van der Waals surface area contributed by atoms with E-state index in [1.54, 1.807) is 19.1 Å². The molecule has 4 aromatic rings. The molecule has 36 heavy (non-hydrogen) atoms. The summed E-state index contributed by atoms with van der Waals surface area (Å²) >= 11 is 0. The molecule has 0 atom stereocenters. The number of benzene rings is 2. The molecule has 10 nitrogen and oxygen atoms in total. The Balaban J connectivity index is 1.50. The molecule has 1 aliphatic heterocycles. The van der Waals surface area contributed by atoms with E-state index in [1.165, 1.54) is 0 Å². The van der Waals surface area contributed by atoms with Gasteiger partial charge in [0.1, 0.15) is 5.82 Å². The maximum absolute atomic E-state index is 13.3. The molecule has 0 spiro atoms. The molecule has 5 rings (SSSR count). The van der Waals surface area contributed by atoms with Crippen LogP contribution in [0.25, 0.3) is 22.4 Å². The number of carbonyl (C=O) groups is 2. The number of aliphatic hydroxyl groups excluding tert-OH is 1. The number of aliphatic hydroxyl groups is 1. The third-order valence-corrected chi connectivity index (χ3v) is 6.29. The number of ether oxygens (including phenoxy) is 1. The minimum Gasteiger partial charge on any atom is -0.435 e. The molecule has 2 amide bonds. The number of nitrogens with one attached hydrogen (secondary N) is 3. The number of oxazole rings is 1. The summed E-state index contributed by atoms with van der Waals surface area (Å²) in [7, 11) is 0. The van der Waals surface area contributed by atoms with E-state index >= 15 is 0 Å². The van der Waals surface area contributed by atoms with Gasteiger partial charge in [-0.05, 0) is 19.1 Å². The van der Waals surface area contributed by atoms with Crippen molar-refractivity contribution in [2.75, 3.05) is 31.7 Å². The Bertz CT molecular complexity index is 1420. The second-order valence-corrected chi connectivity index (χ2v) is 9.03. The van der Waals surface area contributed by atoms with Gasteiger partial charge in [0.05, 0.1) is 53.2 Å². The summed E-state index contributed by atoms with van der Waals surface area (Å²) in [6.45, 7) is 4.48. The van der Waals surface area contributed by atoms with Gasteiger partial charge in [-0.3, -0.25) is 9.59 Å². The number of carbonyl (C=O) groups excluding carboxylic acids is 2. The first-order valence-corrected chi connectivity index (χ1v) is 11.7. The van der Waals surface area contributed by atoms with Gasteiger partial charge in [-0.1, -0.05) is 37.3 Å². The van der Waals surface area contributed by atoms with Crippen LogP contribution in [0.3, 0.4) is 0 Å². The Labute approximate surface area is 207 Å². The van der Waals surface area contributed by atoms with Gasteiger partial charge in [0, 0.05) is 18.5 Å². The summed E-state index contributed by atoms with van der Waals surface area (Å²) in [5, 5.41) is 15.4. The number of anilines is 1. The average molecular weight is 490 g/mol. The van der Waals surface area contributed by atoms with E-state index in [-0.39, 0.29) is 30.2 Å². The molecule has 1 fully saturated rings. The van der Waals surface area contributed by atoms with Crippen LogP contribution in [0.2, 0.25) is 0 Å². The first kappa shape index (κ1) is 23.7. The second kappa shape index (κ2) is 9.56. The van der Waals surface area contributed by atoms with Gasteiger partial charge in [-0.25, -0.2) is 9.97 Å². The fourth-order valence-electron chi connectivity index (χ4n) is 4.08. The van der Waals surface area contributed by atoms with Crippen LogP contribution in [-0.2, 0) is 11.2 Å². The Morgan fingerprint density at radius 3 is 2.56 bits per heavy atom. The third-order valence-electron chi connectivity index (χ3n) is 6.29. The number of imidazole rings is 1. The molecule has 0 saturated carbocycles. The van der Waals surface area contributed by atoms with Gasteiger partial charge in [-0.2, -0.15) is 0 Å². The van der Waals surface area contributed by atoms with E-state index in [2.05, 4.69) is 25.6 Å². The normalized spacial score (nSPS) is 14.4. The monoisotopic (exact) mass is 489 g/mol. The largest absolute Gasteiger partial charge is 0.435 e. The smallest absolute Gasteiger partial charge is 0.293 e. The maximum atomic E-state index is 13.3. The first-order chi connectivity index (χ1) is 17.4. The molecule has 2 aromatic heterocycles. The average Bonchev–Trinajstić information content (AvgIpc) is 3.46. The molecule has 186 valence electrons. The summed E-state index contributed by atoms with van der Waals surface area (Å²) in [6, 6.07) is 12.9. The van der Waals surface area contributed by atoms with Crippen molar-refractivity contribution in [3.8, 4) is 11.4 Å². The van der Waals surface area contributed by atoms with Crippen molar-refractivity contribution in [1.82, 2.24) is 20.3 Å². The van der Waals surface area contributed by atoms with Crippen LogP contribution in [0, 0.1) is 12.3 Å². The van der Waals surface area contributed by atoms with Crippen molar-refractivity contribution in [3.05, 3.63) is 65.4 Å². The number of aryl methyl sites for hydroxylation is 2. The molecule has 0 radical (unpaired) electrons. The zero-order valence-corrected chi connectivity index (χ0v) is 20.1. The topological polar surface area (TPSA) is 142 Å². The Hall–Kier alpha value is -4.02. The van der Waals surface area contributed by atoms with Crippen LogP contribution in [0.1, 0.15) is 39.4 Å². The summed E-state index contributed by atoms with van der Waals surface area (Å²) < 4.78 is 10.8. The lowest BCUT2D eigenvalue weighted by atomic mass is 9.87. The van der Waals surface area contributed by atoms with Crippen LogP contribution in [0.5, 0.6) is 0 Å².